The van der Waals surface area contributed by atoms with Gasteiger partial charge in [-0.2, -0.15) is 0 Å². The zero-order valence-electron chi connectivity index (χ0n) is 81.7. The minimum atomic E-state index is -1.84. The number of pyridine rings is 6. The first-order chi connectivity index (χ1) is 67.1. The first kappa shape index (κ1) is 101. The normalized spacial score (nSPS) is 11.6. The van der Waals surface area contributed by atoms with Crippen molar-refractivity contribution in [1.29, 1.82) is 0 Å². The molecule has 0 radical (unpaired) electrons. The SMILES string of the molecule is CC(=O)Oc1ccc(C(c2ccc(OC(C)=O)cc2)c2ccccn2)cc1.Cc1ccc(C(c2ccc(C)cc2)c2ccccn2)cc1.Cc1ccc(C(c2ccc(C)cc2)c2ccccn2)cc1.Cc1ccc(C(c2ccc(O)cc2)c2ccccn2)cc1.Cc1ccc(C(c2ccc(O)cc2)c2ccccn2)cc1.Cc1ccc(C(c2ccc(O[Si](C)(C)C(C)(C)C)cc2)c2ccccn2)cc1. The van der Waals surface area contributed by atoms with Gasteiger partial charge in [-0.25, -0.2) is 0 Å². The molecule has 14 heteroatoms. The maximum absolute atomic E-state index is 11.1. The van der Waals surface area contributed by atoms with Crippen LogP contribution in [0.4, 0.5) is 0 Å². The zero-order valence-corrected chi connectivity index (χ0v) is 82.7. The molecular formula is C125H122N6O7Si. The van der Waals surface area contributed by atoms with Gasteiger partial charge in [0.2, 0.25) is 8.32 Å². The second-order valence-electron chi connectivity index (χ2n) is 36.4. The molecule has 0 spiro atoms. The second-order valence-corrected chi connectivity index (χ2v) is 41.2. The molecule has 139 heavy (non-hydrogen) atoms. The molecule has 0 amide bonds. The Balaban J connectivity index is 0.000000141. The molecule has 13 nitrogen and oxygen atoms in total. The van der Waals surface area contributed by atoms with Crippen LogP contribution >= 0.6 is 0 Å². The average Bonchev–Trinajstić information content (AvgIpc) is 0.797. The van der Waals surface area contributed by atoms with Gasteiger partial charge >= 0.3 is 11.9 Å². The van der Waals surface area contributed by atoms with Crippen molar-refractivity contribution in [2.45, 2.75) is 137 Å². The molecule has 18 aromatic rings. The molecule has 0 saturated heterocycles. The summed E-state index contributed by atoms with van der Waals surface area (Å²) >= 11 is 0. The maximum Gasteiger partial charge on any atom is 0.308 e. The number of hydrogen-bond donors (Lipinski definition) is 2. The Morgan fingerprint density at radius 3 is 0.525 bits per heavy atom. The van der Waals surface area contributed by atoms with Crippen molar-refractivity contribution in [2.24, 2.45) is 0 Å². The summed E-state index contributed by atoms with van der Waals surface area (Å²) in [4.78, 5) is 49.6. The van der Waals surface area contributed by atoms with Crippen LogP contribution in [0.15, 0.2) is 438 Å². The number of carbonyl (C=O) groups excluding carboxylic acids is 2. The van der Waals surface area contributed by atoms with Crippen molar-refractivity contribution in [3.8, 4) is 28.7 Å². The molecule has 3 atom stereocenters. The van der Waals surface area contributed by atoms with Crippen LogP contribution in [-0.2, 0) is 9.59 Å². The number of nitrogens with zero attached hydrogens (tertiary/aromatic N) is 6. The van der Waals surface area contributed by atoms with E-state index in [9.17, 15) is 19.8 Å². The molecule has 0 aliphatic carbocycles. The minimum absolute atomic E-state index is 0.0763. The summed E-state index contributed by atoms with van der Waals surface area (Å²) in [7, 11) is -1.84. The summed E-state index contributed by atoms with van der Waals surface area (Å²) in [5.41, 5.74) is 29.3. The number of hydrogen-bond acceptors (Lipinski definition) is 13. The summed E-state index contributed by atoms with van der Waals surface area (Å²) < 4.78 is 16.7. The van der Waals surface area contributed by atoms with E-state index in [-0.39, 0.29) is 64.0 Å². The quantitative estimate of drug-likeness (QED) is 0.0372. The maximum atomic E-state index is 11.1. The van der Waals surface area contributed by atoms with Gasteiger partial charge in [-0.05, 0) is 267 Å². The third-order valence-corrected chi connectivity index (χ3v) is 28.9. The lowest BCUT2D eigenvalue weighted by atomic mass is 9.87. The van der Waals surface area contributed by atoms with E-state index in [4.69, 9.17) is 13.9 Å². The van der Waals surface area contributed by atoms with Crippen LogP contribution in [0.25, 0.3) is 0 Å². The van der Waals surface area contributed by atoms with E-state index in [1.165, 1.54) is 97.3 Å². The summed E-state index contributed by atoms with van der Waals surface area (Å²) in [6.07, 6.45) is 11.0. The van der Waals surface area contributed by atoms with Gasteiger partial charge in [0.1, 0.15) is 28.7 Å². The fourth-order valence-corrected chi connectivity index (χ4v) is 17.1. The molecule has 6 aromatic heterocycles. The number of phenolic OH excluding ortho intramolecular Hbond substituents is 2. The van der Waals surface area contributed by atoms with Crippen molar-refractivity contribution in [3.63, 3.8) is 0 Å². The van der Waals surface area contributed by atoms with Crippen molar-refractivity contribution in [2.75, 3.05) is 0 Å². The first-order valence-corrected chi connectivity index (χ1v) is 49.9. The fraction of sp³-hybridized carbons (Fsp3) is 0.168. The van der Waals surface area contributed by atoms with Gasteiger partial charge in [-0.3, -0.25) is 39.5 Å². The number of esters is 2. The lowest BCUT2D eigenvalue weighted by Crippen LogP contribution is -2.43. The minimum Gasteiger partial charge on any atom is -0.544 e. The number of rotatable bonds is 22. The molecule has 0 aliphatic rings. The van der Waals surface area contributed by atoms with Crippen LogP contribution in [0.1, 0.15) is 210 Å². The van der Waals surface area contributed by atoms with E-state index in [1.807, 2.05) is 152 Å². The van der Waals surface area contributed by atoms with Crippen LogP contribution in [-0.4, -0.2) is 60.4 Å². The van der Waals surface area contributed by atoms with Crippen molar-refractivity contribution in [3.05, 3.63) is 577 Å². The van der Waals surface area contributed by atoms with Gasteiger partial charge in [0.15, 0.2) is 0 Å². The molecule has 0 fully saturated rings. The molecule has 2 N–H and O–H groups in total. The van der Waals surface area contributed by atoms with Crippen molar-refractivity contribution < 1.29 is 33.7 Å². The molecular weight excluding hydrogens is 1730 g/mol. The third kappa shape index (κ3) is 29.1. The highest BCUT2D eigenvalue weighted by Crippen LogP contribution is 2.42. The van der Waals surface area contributed by atoms with Gasteiger partial charge in [0.25, 0.3) is 0 Å². The van der Waals surface area contributed by atoms with Crippen LogP contribution in [0.3, 0.4) is 0 Å². The molecule has 698 valence electrons. The monoisotopic (exact) mass is 1850 g/mol. The number of carbonyl (C=O) groups is 2. The Bertz CT molecular complexity index is 6020. The van der Waals surface area contributed by atoms with Crippen LogP contribution in [0.2, 0.25) is 18.1 Å². The van der Waals surface area contributed by atoms with Crippen molar-refractivity contribution in [1.82, 2.24) is 29.9 Å². The van der Waals surface area contributed by atoms with Crippen LogP contribution in [0.5, 0.6) is 28.7 Å². The van der Waals surface area contributed by atoms with Gasteiger partial charge in [0.05, 0.1) is 69.7 Å². The Labute approximate surface area is 821 Å². The van der Waals surface area contributed by atoms with Gasteiger partial charge in [0, 0.05) is 51.0 Å². The first-order valence-electron chi connectivity index (χ1n) is 47.0. The summed E-state index contributed by atoms with van der Waals surface area (Å²) in [6, 6.07) is 135. The predicted molar refractivity (Wildman–Crippen MR) is 565 cm³/mol. The van der Waals surface area contributed by atoms with E-state index in [0.29, 0.717) is 11.5 Å². The van der Waals surface area contributed by atoms with Gasteiger partial charge in [-0.15, -0.1) is 0 Å². The largest absolute Gasteiger partial charge is 0.544 e. The second kappa shape index (κ2) is 49.0. The van der Waals surface area contributed by atoms with E-state index in [0.717, 1.165) is 62.2 Å². The highest BCUT2D eigenvalue weighted by atomic mass is 28.4. The van der Waals surface area contributed by atoms with Crippen LogP contribution < -0.4 is 13.9 Å². The van der Waals surface area contributed by atoms with E-state index < -0.39 is 8.32 Å². The molecule has 0 aliphatic heterocycles. The standard InChI is InChI=1S/C25H31NOSi.C22H19NO4.2C20H19N.2C19H17NO/c1-19-10-12-20(13-11-19)24(23-9-7-8-18-26-23)21-14-16-22(17-15-21)27-28(5,6)25(2,3)4;1-15(24)26-19-10-6-17(7-11-19)22(21-5-3-4-14-23-21)18-8-12-20(13-9-18)27-16(2)25;2*1-15-6-10-17(11-7-15)20(19-5-3-4-14-21-19)18-12-8-16(2)9-13-18;2*1-14-5-7-15(8-6-14)19(18-4-2-3-13-20-18)16-9-11-17(21)12-10-16/h7-18,24H,1-6H3;3-14,22H,1-2H3;2*3-14,20H,1-2H3;2*2-13,19,21H,1H3. The number of aryl methyl sites for hydroxylation is 7. The number of ether oxygens (including phenoxy) is 2. The van der Waals surface area contributed by atoms with Crippen LogP contribution in [0, 0.1) is 48.5 Å². The Morgan fingerprint density at radius 1 is 0.230 bits per heavy atom. The number of aromatic hydroxyl groups is 2. The van der Waals surface area contributed by atoms with E-state index in [1.54, 1.807) is 54.7 Å². The third-order valence-electron chi connectivity index (χ3n) is 24.6. The number of phenols is 2. The summed E-state index contributed by atoms with van der Waals surface area (Å²) in [5.74, 6) is 2.33. The topological polar surface area (TPSA) is 180 Å². The molecule has 0 bridgehead atoms. The Hall–Kier alpha value is -15.9. The molecule has 12 aromatic carbocycles. The van der Waals surface area contributed by atoms with Gasteiger partial charge in [-0.1, -0.05) is 327 Å². The highest BCUT2D eigenvalue weighted by molar-refractivity contribution is 6.74. The smallest absolute Gasteiger partial charge is 0.308 e. The number of aromatic nitrogens is 6. The number of benzene rings is 12. The zero-order chi connectivity index (χ0) is 98.2. The van der Waals surface area contributed by atoms with E-state index in [2.05, 4.69) is 343 Å². The highest BCUT2D eigenvalue weighted by Gasteiger charge is 2.39. The van der Waals surface area contributed by atoms with E-state index >= 15 is 0 Å². The molecule has 0 saturated carbocycles. The fourth-order valence-electron chi connectivity index (χ4n) is 16.1. The summed E-state index contributed by atoms with van der Waals surface area (Å²) in [6.45, 7) is 28.9. The predicted octanol–water partition coefficient (Wildman–Crippen LogP) is 29.4. The molecule has 3 unspecified atom stereocenters. The Kier molecular flexibility index (Phi) is 35.5. The molecule has 6 heterocycles. The van der Waals surface area contributed by atoms with Gasteiger partial charge < -0.3 is 24.1 Å². The Morgan fingerprint density at radius 2 is 0.381 bits per heavy atom. The lowest BCUT2D eigenvalue weighted by Gasteiger charge is -2.36. The lowest BCUT2D eigenvalue weighted by molar-refractivity contribution is -0.132. The van der Waals surface area contributed by atoms with Crippen molar-refractivity contribution >= 4 is 20.3 Å². The molecule has 18 rings (SSSR count). The summed E-state index contributed by atoms with van der Waals surface area (Å²) in [5, 5.41) is 19.2. The average molecular weight is 1850 g/mol.